The molecule has 4 heteroatoms. The number of anilines is 1. The molecule has 0 aliphatic carbocycles. The lowest BCUT2D eigenvalue weighted by atomic mass is 9.98. The van der Waals surface area contributed by atoms with E-state index < -0.39 is 0 Å². The van der Waals surface area contributed by atoms with Crippen LogP contribution in [0.15, 0.2) is 18.3 Å². The Labute approximate surface area is 121 Å². The molecule has 20 heavy (non-hydrogen) atoms. The molecule has 0 radical (unpaired) electrons. The van der Waals surface area contributed by atoms with Gasteiger partial charge in [0.15, 0.2) is 0 Å². The smallest absolute Gasteiger partial charge is 0.272 e. The predicted octanol–water partition coefficient (Wildman–Crippen LogP) is 3.31. The van der Waals surface area contributed by atoms with E-state index in [0.717, 1.165) is 44.5 Å². The van der Waals surface area contributed by atoms with Gasteiger partial charge in [-0.05, 0) is 44.7 Å². The van der Waals surface area contributed by atoms with E-state index in [1.807, 2.05) is 24.0 Å². The average Bonchev–Trinajstić information content (AvgIpc) is 2.49. The third-order valence-electron chi connectivity index (χ3n) is 3.87. The van der Waals surface area contributed by atoms with Crippen molar-refractivity contribution in [1.82, 2.24) is 9.88 Å². The lowest BCUT2D eigenvalue weighted by Gasteiger charge is -2.35. The van der Waals surface area contributed by atoms with Crippen molar-refractivity contribution in [2.75, 3.05) is 18.4 Å². The number of nitrogens with one attached hydrogen (secondary N) is 1. The Hall–Kier alpha value is -1.58. The van der Waals surface area contributed by atoms with Crippen LogP contribution in [0.1, 0.15) is 56.4 Å². The summed E-state index contributed by atoms with van der Waals surface area (Å²) in [7, 11) is 0. The number of likely N-dealkylation sites (tertiary alicyclic amines) is 1. The third-order valence-corrected chi connectivity index (χ3v) is 3.87. The molecule has 1 aromatic rings. The average molecular weight is 275 g/mol. The van der Waals surface area contributed by atoms with Gasteiger partial charge >= 0.3 is 0 Å². The zero-order chi connectivity index (χ0) is 14.4. The summed E-state index contributed by atoms with van der Waals surface area (Å²) in [6.45, 7) is 5.96. The molecule has 4 nitrogen and oxygen atoms in total. The quantitative estimate of drug-likeness (QED) is 0.896. The number of piperidine rings is 1. The van der Waals surface area contributed by atoms with Crippen molar-refractivity contribution in [3.05, 3.63) is 24.0 Å². The van der Waals surface area contributed by atoms with Crippen LogP contribution in [0.25, 0.3) is 0 Å². The molecule has 0 saturated carbocycles. The predicted molar refractivity (Wildman–Crippen MR) is 82.0 cm³/mol. The van der Waals surface area contributed by atoms with Crippen LogP contribution in [0.5, 0.6) is 0 Å². The summed E-state index contributed by atoms with van der Waals surface area (Å²) in [5, 5.41) is 3.19. The summed E-state index contributed by atoms with van der Waals surface area (Å²) in [6, 6.07) is 4.16. The van der Waals surface area contributed by atoms with Crippen molar-refractivity contribution in [3.8, 4) is 0 Å². The van der Waals surface area contributed by atoms with Gasteiger partial charge in [-0.3, -0.25) is 4.79 Å². The van der Waals surface area contributed by atoms with E-state index in [9.17, 15) is 4.79 Å². The molecule has 1 saturated heterocycles. The Morgan fingerprint density at radius 1 is 1.40 bits per heavy atom. The molecule has 2 heterocycles. The minimum absolute atomic E-state index is 0.0891. The van der Waals surface area contributed by atoms with E-state index in [0.29, 0.717) is 11.7 Å². The molecule has 1 aliphatic rings. The molecule has 1 atom stereocenters. The largest absolute Gasteiger partial charge is 0.384 e. The van der Waals surface area contributed by atoms with Gasteiger partial charge in [0.05, 0.1) is 11.9 Å². The van der Waals surface area contributed by atoms with Gasteiger partial charge in [-0.2, -0.15) is 0 Å². The molecule has 1 fully saturated rings. The molecule has 1 aliphatic heterocycles. The lowest BCUT2D eigenvalue weighted by molar-refractivity contribution is 0.0594. The minimum atomic E-state index is 0.0891. The van der Waals surface area contributed by atoms with Gasteiger partial charge in [-0.15, -0.1) is 0 Å². The van der Waals surface area contributed by atoms with Crippen LogP contribution in [0.3, 0.4) is 0 Å². The number of hydrogen-bond donors (Lipinski definition) is 1. The van der Waals surface area contributed by atoms with E-state index in [1.165, 1.54) is 6.42 Å². The number of amides is 1. The van der Waals surface area contributed by atoms with Crippen molar-refractivity contribution in [2.45, 2.75) is 52.0 Å². The minimum Gasteiger partial charge on any atom is -0.384 e. The fourth-order valence-corrected chi connectivity index (χ4v) is 2.88. The Morgan fingerprint density at radius 2 is 2.25 bits per heavy atom. The van der Waals surface area contributed by atoms with Gasteiger partial charge in [-0.1, -0.05) is 13.3 Å². The van der Waals surface area contributed by atoms with Crippen LogP contribution >= 0.6 is 0 Å². The van der Waals surface area contributed by atoms with Crippen molar-refractivity contribution in [3.63, 3.8) is 0 Å². The number of aromatic nitrogens is 1. The molecule has 0 spiro atoms. The number of pyridine rings is 1. The van der Waals surface area contributed by atoms with Crippen LogP contribution in [0, 0.1) is 0 Å². The van der Waals surface area contributed by atoms with Crippen LogP contribution in [0.4, 0.5) is 5.69 Å². The second-order valence-electron chi connectivity index (χ2n) is 5.40. The summed E-state index contributed by atoms with van der Waals surface area (Å²) >= 11 is 0. The van der Waals surface area contributed by atoms with Crippen molar-refractivity contribution < 1.29 is 4.79 Å². The Morgan fingerprint density at radius 3 is 2.90 bits per heavy atom. The van der Waals surface area contributed by atoms with Gasteiger partial charge in [0, 0.05) is 19.1 Å². The van der Waals surface area contributed by atoms with E-state index in [4.69, 9.17) is 0 Å². The Bertz CT molecular complexity index is 428. The molecule has 0 bridgehead atoms. The fourth-order valence-electron chi connectivity index (χ4n) is 2.88. The summed E-state index contributed by atoms with van der Waals surface area (Å²) in [5.74, 6) is 0.0891. The second kappa shape index (κ2) is 7.27. The highest BCUT2D eigenvalue weighted by molar-refractivity contribution is 5.92. The number of nitrogens with zero attached hydrogens (tertiary/aromatic N) is 2. The molecule has 2 rings (SSSR count). The van der Waals surface area contributed by atoms with Gasteiger partial charge in [0.25, 0.3) is 5.91 Å². The first kappa shape index (κ1) is 14.8. The normalized spacial score (nSPS) is 18.9. The summed E-state index contributed by atoms with van der Waals surface area (Å²) in [4.78, 5) is 18.9. The number of rotatable bonds is 5. The number of carbonyl (C=O) groups excluding carboxylic acids is 1. The number of carbonyl (C=O) groups is 1. The maximum atomic E-state index is 12.6. The highest BCUT2D eigenvalue weighted by Gasteiger charge is 2.27. The van der Waals surface area contributed by atoms with Gasteiger partial charge < -0.3 is 10.2 Å². The topological polar surface area (TPSA) is 45.2 Å². The molecule has 1 N–H and O–H groups in total. The van der Waals surface area contributed by atoms with Crippen molar-refractivity contribution in [1.29, 1.82) is 0 Å². The summed E-state index contributed by atoms with van der Waals surface area (Å²) < 4.78 is 0. The summed E-state index contributed by atoms with van der Waals surface area (Å²) in [5.41, 5.74) is 1.53. The van der Waals surface area contributed by atoms with Crippen molar-refractivity contribution in [2.24, 2.45) is 0 Å². The monoisotopic (exact) mass is 275 g/mol. The van der Waals surface area contributed by atoms with Gasteiger partial charge in [0.2, 0.25) is 0 Å². The van der Waals surface area contributed by atoms with Crippen LogP contribution < -0.4 is 5.32 Å². The molecular weight excluding hydrogens is 250 g/mol. The molecule has 1 unspecified atom stereocenters. The third kappa shape index (κ3) is 3.50. The maximum absolute atomic E-state index is 12.6. The molecule has 110 valence electrons. The maximum Gasteiger partial charge on any atom is 0.272 e. The Kier molecular flexibility index (Phi) is 5.39. The highest BCUT2D eigenvalue weighted by atomic mass is 16.2. The second-order valence-corrected chi connectivity index (χ2v) is 5.40. The zero-order valence-corrected chi connectivity index (χ0v) is 12.6. The molecule has 1 aromatic heterocycles. The van der Waals surface area contributed by atoms with Crippen molar-refractivity contribution >= 4 is 11.6 Å². The van der Waals surface area contributed by atoms with E-state index >= 15 is 0 Å². The van der Waals surface area contributed by atoms with Crippen LogP contribution in [-0.4, -0.2) is 34.9 Å². The standard InChI is InChI=1S/C16H25N3O/c1-3-7-14-8-5-6-11-19(14)16(20)15-10-9-13(12-18-15)17-4-2/h9-10,12,14,17H,3-8,11H2,1-2H3. The SMILES string of the molecule is CCCC1CCCCN1C(=O)c1ccc(NCC)cn1. The highest BCUT2D eigenvalue weighted by Crippen LogP contribution is 2.22. The van der Waals surface area contributed by atoms with Crippen LogP contribution in [0.2, 0.25) is 0 Å². The number of hydrogen-bond acceptors (Lipinski definition) is 3. The molecule has 0 aromatic carbocycles. The van der Waals surface area contributed by atoms with E-state index in [1.54, 1.807) is 6.20 Å². The zero-order valence-electron chi connectivity index (χ0n) is 12.6. The first-order valence-corrected chi connectivity index (χ1v) is 7.77. The van der Waals surface area contributed by atoms with E-state index in [-0.39, 0.29) is 5.91 Å². The first-order valence-electron chi connectivity index (χ1n) is 7.77. The molecular formula is C16H25N3O. The first-order chi connectivity index (χ1) is 9.76. The molecule has 1 amide bonds. The van der Waals surface area contributed by atoms with Gasteiger partial charge in [-0.25, -0.2) is 4.98 Å². The summed E-state index contributed by atoms with van der Waals surface area (Å²) in [6.07, 6.45) is 7.45. The van der Waals surface area contributed by atoms with Gasteiger partial charge in [0.1, 0.15) is 5.69 Å². The lowest BCUT2D eigenvalue weighted by Crippen LogP contribution is -2.43. The fraction of sp³-hybridized carbons (Fsp3) is 0.625. The van der Waals surface area contributed by atoms with E-state index in [2.05, 4.69) is 17.2 Å². The van der Waals surface area contributed by atoms with Crippen LogP contribution in [-0.2, 0) is 0 Å². The Balaban J connectivity index is 2.08.